The minimum Gasteiger partial charge on any atom is -0.473 e. The first-order chi connectivity index (χ1) is 6.15. The molecule has 0 aliphatic carbocycles. The molecule has 1 unspecified atom stereocenters. The Hall–Kier alpha value is -0.567. The van der Waals surface area contributed by atoms with E-state index in [2.05, 4.69) is 4.74 Å². The molecule has 0 aromatic carbocycles. The van der Waals surface area contributed by atoms with Crippen molar-refractivity contribution in [1.82, 2.24) is 0 Å². The molecule has 0 bridgehead atoms. The number of esters is 2. The predicted octanol–water partition coefficient (Wildman–Crippen LogP) is 0.847. The molecule has 0 saturated carbocycles. The van der Waals surface area contributed by atoms with Gasteiger partial charge in [-0.05, 0) is 0 Å². The van der Waals surface area contributed by atoms with Crippen LogP contribution in [0.15, 0.2) is 0 Å². The summed E-state index contributed by atoms with van der Waals surface area (Å²) in [6.07, 6.45) is 0.427. The van der Waals surface area contributed by atoms with Crippen molar-refractivity contribution < 1.29 is 38.5 Å². The number of carbonyl (C=O) groups is 2. The van der Waals surface area contributed by atoms with Gasteiger partial charge in [0.2, 0.25) is 0 Å². The Morgan fingerprint density at radius 1 is 1.71 bits per heavy atom. The van der Waals surface area contributed by atoms with E-state index in [1.54, 1.807) is 6.92 Å². The molecule has 0 amide bonds. The molecule has 1 radical (unpaired) electrons. The number of hydrogen-bond acceptors (Lipinski definition) is 4. The molecule has 0 N–H and O–H groups in total. The Labute approximate surface area is 96.1 Å². The average Bonchev–Trinajstić information content (AvgIpc) is 2.50. The van der Waals surface area contributed by atoms with Crippen LogP contribution in [0.1, 0.15) is 26.7 Å². The fourth-order valence-electron chi connectivity index (χ4n) is 0.959. The van der Waals surface area contributed by atoms with Crippen LogP contribution in [0.2, 0.25) is 0 Å². The molecule has 0 aromatic heterocycles. The van der Waals surface area contributed by atoms with Gasteiger partial charge in [0.15, 0.2) is 12.1 Å². The standard InChI is InChI=1S/C9H13O4.Ru/c1-3-6(2)8(10)13-7-4-5-12-9(7)11;/h7H,3-5H2,1-2H3;/q-1;+1. The van der Waals surface area contributed by atoms with E-state index in [0.29, 0.717) is 25.4 Å². The van der Waals surface area contributed by atoms with E-state index in [9.17, 15) is 9.59 Å². The molecule has 1 saturated heterocycles. The van der Waals surface area contributed by atoms with Crippen LogP contribution in [-0.2, 0) is 38.5 Å². The molecule has 14 heavy (non-hydrogen) atoms. The topological polar surface area (TPSA) is 52.6 Å². The van der Waals surface area contributed by atoms with E-state index in [-0.39, 0.29) is 19.5 Å². The fraction of sp³-hybridized carbons (Fsp3) is 0.667. The normalized spacial score (nSPS) is 19.6. The Kier molecular flexibility index (Phi) is 5.77. The van der Waals surface area contributed by atoms with Gasteiger partial charge in [0.1, 0.15) is 0 Å². The summed E-state index contributed by atoms with van der Waals surface area (Å²) in [5.41, 5.74) is 0. The number of carbonyl (C=O) groups excluding carboxylic acids is 2. The van der Waals surface area contributed by atoms with E-state index in [0.717, 1.165) is 0 Å². The van der Waals surface area contributed by atoms with Crippen LogP contribution in [0, 0.1) is 5.92 Å². The number of ether oxygens (including phenoxy) is 2. The molecule has 1 heterocycles. The molecule has 81 valence electrons. The zero-order valence-electron chi connectivity index (χ0n) is 8.19. The van der Waals surface area contributed by atoms with E-state index < -0.39 is 18.0 Å². The molecule has 1 atom stereocenters. The van der Waals surface area contributed by atoms with Crippen molar-refractivity contribution in [3.63, 3.8) is 0 Å². The Balaban J connectivity index is 0.00000169. The van der Waals surface area contributed by atoms with Crippen LogP contribution in [0.25, 0.3) is 0 Å². The van der Waals surface area contributed by atoms with Crippen LogP contribution in [0.3, 0.4) is 0 Å². The second kappa shape index (κ2) is 6.02. The Morgan fingerprint density at radius 2 is 2.36 bits per heavy atom. The largest absolute Gasteiger partial charge is 1.00 e. The summed E-state index contributed by atoms with van der Waals surface area (Å²) >= 11 is 0. The minimum atomic E-state index is -0.686. The van der Waals surface area contributed by atoms with Gasteiger partial charge in [-0.3, -0.25) is 10.7 Å². The Bertz CT molecular complexity index is 217. The second-order valence-electron chi connectivity index (χ2n) is 2.98. The summed E-state index contributed by atoms with van der Waals surface area (Å²) in [7, 11) is 0. The quantitative estimate of drug-likeness (QED) is 0.438. The molecular weight excluding hydrogens is 273 g/mol. The molecule has 4 nitrogen and oxygen atoms in total. The van der Waals surface area contributed by atoms with Crippen molar-refractivity contribution in [2.75, 3.05) is 6.61 Å². The van der Waals surface area contributed by atoms with Gasteiger partial charge >= 0.3 is 25.4 Å². The maximum absolute atomic E-state index is 11.2. The summed E-state index contributed by atoms with van der Waals surface area (Å²) in [6.45, 7) is 3.91. The Morgan fingerprint density at radius 3 is 2.79 bits per heavy atom. The molecule has 1 aliphatic heterocycles. The van der Waals surface area contributed by atoms with Crippen LogP contribution in [0.5, 0.6) is 0 Å². The summed E-state index contributed by atoms with van der Waals surface area (Å²) in [4.78, 5) is 22.1. The molecule has 1 aliphatic rings. The maximum atomic E-state index is 11.2. The third-order valence-corrected chi connectivity index (χ3v) is 2.02. The van der Waals surface area contributed by atoms with Crippen LogP contribution < -0.4 is 0 Å². The number of cyclic esters (lactones) is 1. The third kappa shape index (κ3) is 3.30. The summed E-state index contributed by atoms with van der Waals surface area (Å²) in [5.74, 6) is -0.205. The summed E-state index contributed by atoms with van der Waals surface area (Å²) in [6, 6.07) is 0. The minimum absolute atomic E-state index is 0. The van der Waals surface area contributed by atoms with Crippen LogP contribution in [0.4, 0.5) is 0 Å². The first-order valence-electron chi connectivity index (χ1n) is 4.35. The van der Waals surface area contributed by atoms with E-state index in [1.165, 1.54) is 0 Å². The zero-order valence-corrected chi connectivity index (χ0v) is 9.92. The molecule has 0 aromatic rings. The first kappa shape index (κ1) is 13.4. The van der Waals surface area contributed by atoms with Crippen molar-refractivity contribution in [2.45, 2.75) is 32.8 Å². The fourth-order valence-corrected chi connectivity index (χ4v) is 0.959. The van der Waals surface area contributed by atoms with Gasteiger partial charge < -0.3 is 9.47 Å². The van der Waals surface area contributed by atoms with Crippen molar-refractivity contribution in [3.8, 4) is 0 Å². The van der Waals surface area contributed by atoms with Crippen molar-refractivity contribution in [2.24, 2.45) is 0 Å². The number of hydrogen-bond donors (Lipinski definition) is 0. The van der Waals surface area contributed by atoms with E-state index in [1.807, 2.05) is 6.92 Å². The van der Waals surface area contributed by atoms with Gasteiger partial charge in [0.05, 0.1) is 6.61 Å². The van der Waals surface area contributed by atoms with Crippen LogP contribution >= 0.6 is 0 Å². The van der Waals surface area contributed by atoms with Gasteiger partial charge in [-0.1, -0.05) is 6.92 Å². The molecule has 5 heteroatoms. The van der Waals surface area contributed by atoms with Crippen molar-refractivity contribution >= 4 is 11.9 Å². The smallest absolute Gasteiger partial charge is 0.473 e. The third-order valence-electron chi connectivity index (χ3n) is 2.02. The zero-order chi connectivity index (χ0) is 9.84. The van der Waals surface area contributed by atoms with Gasteiger partial charge in [-0.2, -0.15) is 13.3 Å². The molecule has 1 fully saturated rings. The monoisotopic (exact) mass is 287 g/mol. The molecular formula is C9H13O4Ru. The molecule has 0 spiro atoms. The first-order valence-corrected chi connectivity index (χ1v) is 4.35. The number of rotatable bonds is 3. The summed E-state index contributed by atoms with van der Waals surface area (Å²) < 4.78 is 9.58. The average molecular weight is 286 g/mol. The van der Waals surface area contributed by atoms with Crippen molar-refractivity contribution in [1.29, 1.82) is 0 Å². The van der Waals surface area contributed by atoms with E-state index >= 15 is 0 Å². The predicted molar refractivity (Wildman–Crippen MR) is 44.7 cm³/mol. The summed E-state index contributed by atoms with van der Waals surface area (Å²) in [5, 5.41) is 0. The second-order valence-corrected chi connectivity index (χ2v) is 2.98. The van der Waals surface area contributed by atoms with Gasteiger partial charge in [-0.25, -0.2) is 4.79 Å². The van der Waals surface area contributed by atoms with Crippen LogP contribution in [-0.4, -0.2) is 24.6 Å². The van der Waals surface area contributed by atoms with Gasteiger partial charge in [0.25, 0.3) is 0 Å². The van der Waals surface area contributed by atoms with Gasteiger partial charge in [0, 0.05) is 6.42 Å². The van der Waals surface area contributed by atoms with Gasteiger partial charge in [-0.15, -0.1) is 0 Å². The van der Waals surface area contributed by atoms with E-state index in [4.69, 9.17) is 4.74 Å². The maximum Gasteiger partial charge on any atom is 1.00 e. The van der Waals surface area contributed by atoms with Crippen molar-refractivity contribution in [3.05, 3.63) is 5.92 Å². The molecule has 1 rings (SSSR count). The SMILES string of the molecule is CC[C-](C)C(=O)OC1CCOC1=O.[Ru+].